The van der Waals surface area contributed by atoms with Crippen molar-refractivity contribution in [2.45, 2.75) is 0 Å². The fourth-order valence-electron chi connectivity index (χ4n) is 1.27. The zero-order valence-electron chi connectivity index (χ0n) is 9.05. The van der Waals surface area contributed by atoms with Crippen LogP contribution in [0.5, 0.6) is 17.4 Å². The molecule has 0 spiro atoms. The molecule has 17 heavy (non-hydrogen) atoms. The van der Waals surface area contributed by atoms with E-state index in [-0.39, 0.29) is 23.2 Å². The summed E-state index contributed by atoms with van der Waals surface area (Å²) in [6, 6.07) is 5.97. The minimum Gasteiger partial charge on any atom is -0.489 e. The van der Waals surface area contributed by atoms with Crippen LogP contribution in [0.15, 0.2) is 30.6 Å². The number of anilines is 1. The van der Waals surface area contributed by atoms with Gasteiger partial charge in [0, 0.05) is 0 Å². The van der Waals surface area contributed by atoms with Crippen LogP contribution in [-0.4, -0.2) is 17.1 Å². The first kappa shape index (κ1) is 11.1. The van der Waals surface area contributed by atoms with Gasteiger partial charge in [-0.3, -0.25) is 0 Å². The Balaban J connectivity index is 2.37. The molecule has 1 aromatic carbocycles. The number of nitrogens with zero attached hydrogens (tertiary/aromatic N) is 2. The highest BCUT2D eigenvalue weighted by molar-refractivity contribution is 5.52. The Morgan fingerprint density at radius 3 is 2.71 bits per heavy atom. The van der Waals surface area contributed by atoms with Gasteiger partial charge in [0.25, 0.3) is 5.88 Å². The molecule has 1 aromatic heterocycles. The van der Waals surface area contributed by atoms with Gasteiger partial charge in [-0.05, 0) is 12.1 Å². The number of hydrogen-bond donors (Lipinski definition) is 1. The number of para-hydroxylation sites is 1. The molecule has 0 saturated carbocycles. The molecule has 1 heterocycles. The number of hydrogen-bond acceptors (Lipinski definition) is 5. The highest BCUT2D eigenvalue weighted by atomic mass is 19.1. The first-order valence-corrected chi connectivity index (χ1v) is 4.79. The van der Waals surface area contributed by atoms with Crippen molar-refractivity contribution >= 4 is 5.82 Å². The normalized spacial score (nSPS) is 10.0. The first-order chi connectivity index (χ1) is 8.22. The molecule has 0 bridgehead atoms. The highest BCUT2D eigenvalue weighted by Crippen LogP contribution is 2.33. The van der Waals surface area contributed by atoms with Gasteiger partial charge in [0.05, 0.1) is 7.11 Å². The second kappa shape index (κ2) is 4.65. The molecule has 2 N–H and O–H groups in total. The molecule has 2 aromatic rings. The number of benzene rings is 1. The lowest BCUT2D eigenvalue weighted by Gasteiger charge is -2.10. The average Bonchev–Trinajstić information content (AvgIpc) is 2.32. The summed E-state index contributed by atoms with van der Waals surface area (Å²) in [5.41, 5.74) is 5.57. The van der Waals surface area contributed by atoms with E-state index in [9.17, 15) is 4.39 Å². The van der Waals surface area contributed by atoms with Crippen LogP contribution in [0.1, 0.15) is 0 Å². The van der Waals surface area contributed by atoms with Crippen LogP contribution in [0, 0.1) is 5.82 Å². The molecular weight excluding hydrogens is 225 g/mol. The summed E-state index contributed by atoms with van der Waals surface area (Å²) in [7, 11) is 1.41. The number of rotatable bonds is 3. The fourth-order valence-corrected chi connectivity index (χ4v) is 1.27. The van der Waals surface area contributed by atoms with Crippen molar-refractivity contribution < 1.29 is 13.9 Å². The largest absolute Gasteiger partial charge is 0.489 e. The van der Waals surface area contributed by atoms with Gasteiger partial charge in [0.1, 0.15) is 6.33 Å². The maximum Gasteiger partial charge on any atom is 0.268 e. The number of nitrogens with two attached hydrogens (primary N) is 1. The maximum absolute atomic E-state index is 13.4. The Labute approximate surface area is 97.0 Å². The van der Waals surface area contributed by atoms with E-state index >= 15 is 0 Å². The molecule has 0 aliphatic rings. The number of halogens is 1. The van der Waals surface area contributed by atoms with E-state index in [2.05, 4.69) is 9.97 Å². The van der Waals surface area contributed by atoms with Crippen molar-refractivity contribution in [3.05, 3.63) is 36.4 Å². The third kappa shape index (κ3) is 2.25. The Kier molecular flexibility index (Phi) is 3.04. The van der Waals surface area contributed by atoms with Gasteiger partial charge in [-0.1, -0.05) is 12.1 Å². The molecular formula is C11H10FN3O2. The summed E-state index contributed by atoms with van der Waals surface area (Å²) in [5.74, 6) is -0.0645. The molecule has 0 fully saturated rings. The van der Waals surface area contributed by atoms with Crippen LogP contribution in [0.3, 0.4) is 0 Å². The second-order valence-electron chi connectivity index (χ2n) is 3.13. The lowest BCUT2D eigenvalue weighted by molar-refractivity contribution is 0.361. The summed E-state index contributed by atoms with van der Waals surface area (Å²) in [5, 5.41) is 0. The second-order valence-corrected chi connectivity index (χ2v) is 3.13. The molecule has 0 amide bonds. The van der Waals surface area contributed by atoms with E-state index in [1.807, 2.05) is 0 Å². The number of aromatic nitrogens is 2. The van der Waals surface area contributed by atoms with Crippen molar-refractivity contribution in [2.75, 3.05) is 12.8 Å². The third-order valence-corrected chi connectivity index (χ3v) is 2.05. The molecule has 5 nitrogen and oxygen atoms in total. The average molecular weight is 235 g/mol. The molecule has 0 atom stereocenters. The van der Waals surface area contributed by atoms with E-state index in [0.29, 0.717) is 0 Å². The van der Waals surface area contributed by atoms with Gasteiger partial charge in [-0.25, -0.2) is 9.37 Å². The van der Waals surface area contributed by atoms with Gasteiger partial charge in [-0.2, -0.15) is 4.98 Å². The van der Waals surface area contributed by atoms with Crippen LogP contribution >= 0.6 is 0 Å². The molecule has 6 heteroatoms. The fraction of sp³-hybridized carbons (Fsp3) is 0.0909. The summed E-state index contributed by atoms with van der Waals surface area (Å²) in [6.45, 7) is 0. The van der Waals surface area contributed by atoms with E-state index in [1.165, 1.54) is 25.6 Å². The molecule has 88 valence electrons. The molecule has 0 radical (unpaired) electrons. The maximum atomic E-state index is 13.4. The zero-order valence-corrected chi connectivity index (χ0v) is 9.05. The van der Waals surface area contributed by atoms with E-state index in [4.69, 9.17) is 15.2 Å². The molecule has 0 aliphatic carbocycles. The van der Waals surface area contributed by atoms with Crippen LogP contribution in [0.2, 0.25) is 0 Å². The highest BCUT2D eigenvalue weighted by Gasteiger charge is 2.13. The van der Waals surface area contributed by atoms with E-state index in [1.54, 1.807) is 12.1 Å². The summed E-state index contributed by atoms with van der Waals surface area (Å²) < 4.78 is 23.6. The Morgan fingerprint density at radius 2 is 2.00 bits per heavy atom. The Morgan fingerprint density at radius 1 is 1.24 bits per heavy atom. The first-order valence-electron chi connectivity index (χ1n) is 4.79. The lowest BCUT2D eigenvalue weighted by atomic mass is 10.3. The van der Waals surface area contributed by atoms with Crippen LogP contribution in [0.25, 0.3) is 0 Å². The predicted molar refractivity (Wildman–Crippen MR) is 59.5 cm³/mol. The minimum absolute atomic E-state index is 0.0453. The number of ether oxygens (including phenoxy) is 2. The van der Waals surface area contributed by atoms with Gasteiger partial charge >= 0.3 is 0 Å². The van der Waals surface area contributed by atoms with Gasteiger partial charge < -0.3 is 15.2 Å². The topological polar surface area (TPSA) is 70.3 Å². The predicted octanol–water partition coefficient (Wildman–Crippen LogP) is 2.00. The monoisotopic (exact) mass is 235 g/mol. The van der Waals surface area contributed by atoms with Crippen molar-refractivity contribution in [3.8, 4) is 17.4 Å². The minimum atomic E-state index is -0.494. The molecule has 0 saturated heterocycles. The van der Waals surface area contributed by atoms with Crippen molar-refractivity contribution in [3.63, 3.8) is 0 Å². The molecule has 2 rings (SSSR count). The van der Waals surface area contributed by atoms with Gasteiger partial charge in [0.15, 0.2) is 17.4 Å². The van der Waals surface area contributed by atoms with Crippen LogP contribution in [0.4, 0.5) is 10.2 Å². The third-order valence-electron chi connectivity index (χ3n) is 2.05. The Bertz CT molecular complexity index is 534. The zero-order chi connectivity index (χ0) is 12.3. The number of methoxy groups -OCH3 is 1. The van der Waals surface area contributed by atoms with Crippen molar-refractivity contribution in [1.82, 2.24) is 9.97 Å². The number of nitrogen functional groups attached to an aromatic ring is 1. The molecule has 0 aliphatic heterocycles. The van der Waals surface area contributed by atoms with E-state index < -0.39 is 5.82 Å². The quantitative estimate of drug-likeness (QED) is 0.881. The summed E-state index contributed by atoms with van der Waals surface area (Å²) in [6.07, 6.45) is 1.22. The van der Waals surface area contributed by atoms with Gasteiger partial charge in [0.2, 0.25) is 5.75 Å². The van der Waals surface area contributed by atoms with Crippen LogP contribution < -0.4 is 15.2 Å². The molecule has 0 unspecified atom stereocenters. The van der Waals surface area contributed by atoms with Crippen LogP contribution in [-0.2, 0) is 0 Å². The SMILES string of the molecule is COc1c(N)ncnc1Oc1ccccc1F. The van der Waals surface area contributed by atoms with Crippen molar-refractivity contribution in [2.24, 2.45) is 0 Å². The van der Waals surface area contributed by atoms with E-state index in [0.717, 1.165) is 0 Å². The lowest BCUT2D eigenvalue weighted by Crippen LogP contribution is -2.00. The summed E-state index contributed by atoms with van der Waals surface area (Å²) >= 11 is 0. The van der Waals surface area contributed by atoms with Gasteiger partial charge in [-0.15, -0.1) is 0 Å². The van der Waals surface area contributed by atoms with Crippen molar-refractivity contribution in [1.29, 1.82) is 0 Å². The smallest absolute Gasteiger partial charge is 0.268 e. The standard InChI is InChI=1S/C11H10FN3O2/c1-16-9-10(13)14-6-15-11(9)17-8-5-3-2-4-7(8)12/h2-6H,1H3,(H2,13,14,15). The summed E-state index contributed by atoms with van der Waals surface area (Å²) in [4.78, 5) is 7.58. The Hall–Kier alpha value is -2.37.